The molecule has 120 valence electrons. The maximum absolute atomic E-state index is 12.6. The van der Waals surface area contributed by atoms with Crippen LogP contribution in [0.4, 0.5) is 13.2 Å². The monoisotopic (exact) mass is 330 g/mol. The molecule has 0 N–H and O–H groups in total. The molecule has 1 aromatic heterocycles. The van der Waals surface area contributed by atoms with E-state index in [9.17, 15) is 18.4 Å². The van der Waals surface area contributed by atoms with Gasteiger partial charge in [-0.05, 0) is 42.5 Å². The lowest BCUT2D eigenvalue weighted by atomic mass is 10.1. The molecule has 3 rings (SSSR count). The molecule has 0 aliphatic heterocycles. The van der Waals surface area contributed by atoms with Crippen LogP contribution < -0.4 is 9.47 Å². The third kappa shape index (κ3) is 2.82. The number of pyridine rings is 1. The minimum atomic E-state index is -4.43. The van der Waals surface area contributed by atoms with Crippen molar-refractivity contribution in [1.82, 2.24) is 0 Å². The molecule has 1 heterocycles. The second-order valence-electron chi connectivity index (χ2n) is 4.94. The Hall–Kier alpha value is -3.27. The average molecular weight is 330 g/mol. The first kappa shape index (κ1) is 15.6. The van der Waals surface area contributed by atoms with Gasteiger partial charge in [0.2, 0.25) is 5.75 Å². The van der Waals surface area contributed by atoms with Crippen LogP contribution in [0.3, 0.4) is 0 Å². The number of benzene rings is 2. The lowest BCUT2D eigenvalue weighted by molar-refractivity contribution is -0.577. The Morgan fingerprint density at radius 1 is 1.04 bits per heavy atom. The zero-order valence-electron chi connectivity index (χ0n) is 12.0. The minimum absolute atomic E-state index is 0.136. The van der Waals surface area contributed by atoms with Crippen molar-refractivity contribution in [2.75, 3.05) is 0 Å². The van der Waals surface area contributed by atoms with Crippen LogP contribution in [0.25, 0.3) is 10.9 Å². The van der Waals surface area contributed by atoms with Crippen LogP contribution >= 0.6 is 0 Å². The molecule has 7 heteroatoms. The molecule has 0 saturated heterocycles. The van der Waals surface area contributed by atoms with Crippen LogP contribution in [0, 0.1) is 16.5 Å². The number of nitrogens with zero attached hydrogens (tertiary/aromatic N) is 2. The van der Waals surface area contributed by atoms with Crippen LogP contribution in [-0.4, -0.2) is 0 Å². The van der Waals surface area contributed by atoms with Crippen molar-refractivity contribution >= 4 is 10.9 Å². The summed E-state index contributed by atoms with van der Waals surface area (Å²) < 4.78 is 43.8. The number of fused-ring (bicyclic) bond motifs is 1. The maximum Gasteiger partial charge on any atom is 0.416 e. The van der Waals surface area contributed by atoms with Gasteiger partial charge in [0.25, 0.3) is 5.52 Å². The van der Waals surface area contributed by atoms with E-state index >= 15 is 0 Å². The zero-order valence-corrected chi connectivity index (χ0v) is 12.0. The van der Waals surface area contributed by atoms with Gasteiger partial charge in [-0.1, -0.05) is 0 Å². The number of hydrogen-bond acceptors (Lipinski definition) is 3. The predicted octanol–water partition coefficient (Wildman–Crippen LogP) is 4.16. The largest absolute Gasteiger partial charge is 0.618 e. The van der Waals surface area contributed by atoms with Crippen molar-refractivity contribution in [3.05, 3.63) is 71.1 Å². The van der Waals surface area contributed by atoms with E-state index in [0.717, 1.165) is 12.1 Å². The summed E-state index contributed by atoms with van der Waals surface area (Å²) in [5.74, 6) is 0.303. The Bertz CT molecular complexity index is 945. The van der Waals surface area contributed by atoms with Crippen molar-refractivity contribution in [2.45, 2.75) is 6.18 Å². The number of halogens is 3. The third-order valence-corrected chi connectivity index (χ3v) is 3.41. The lowest BCUT2D eigenvalue weighted by Crippen LogP contribution is -2.26. The summed E-state index contributed by atoms with van der Waals surface area (Å²) >= 11 is 0. The van der Waals surface area contributed by atoms with Gasteiger partial charge in [-0.15, -0.1) is 0 Å². The first-order chi connectivity index (χ1) is 11.4. The van der Waals surface area contributed by atoms with E-state index in [1.54, 1.807) is 6.07 Å². The molecule has 0 radical (unpaired) electrons. The van der Waals surface area contributed by atoms with E-state index in [2.05, 4.69) is 0 Å². The highest BCUT2D eigenvalue weighted by molar-refractivity contribution is 5.87. The molecule has 0 spiro atoms. The first-order valence-corrected chi connectivity index (χ1v) is 6.80. The summed E-state index contributed by atoms with van der Waals surface area (Å²) in [6.07, 6.45) is -3.18. The Morgan fingerprint density at radius 3 is 2.38 bits per heavy atom. The average Bonchev–Trinajstić information content (AvgIpc) is 2.55. The maximum atomic E-state index is 12.6. The summed E-state index contributed by atoms with van der Waals surface area (Å²) in [5, 5.41) is 21.5. The van der Waals surface area contributed by atoms with Crippen molar-refractivity contribution in [3.63, 3.8) is 0 Å². The van der Waals surface area contributed by atoms with Crippen LogP contribution in [0.1, 0.15) is 11.1 Å². The van der Waals surface area contributed by atoms with Crippen LogP contribution in [0.15, 0.2) is 54.7 Å². The smallest absolute Gasteiger partial charge is 0.416 e. The van der Waals surface area contributed by atoms with Crippen molar-refractivity contribution in [1.29, 1.82) is 5.26 Å². The van der Waals surface area contributed by atoms with E-state index in [4.69, 9.17) is 10.00 Å². The standard InChI is InChI=1S/C17H9F3N2O2/c18-17(19,20)12-4-6-13(7-5-12)24-15-8-3-11(10-21)14-2-1-9-22(23)16(14)15/h1-9H. The Labute approximate surface area is 134 Å². The van der Waals surface area contributed by atoms with Gasteiger partial charge in [-0.3, -0.25) is 0 Å². The molecule has 0 atom stereocenters. The van der Waals surface area contributed by atoms with Crippen LogP contribution in [0.2, 0.25) is 0 Å². The Kier molecular flexibility index (Phi) is 3.73. The second kappa shape index (κ2) is 5.74. The van der Waals surface area contributed by atoms with Crippen molar-refractivity contribution < 1.29 is 22.6 Å². The lowest BCUT2D eigenvalue weighted by Gasteiger charge is -2.11. The SMILES string of the molecule is N#Cc1ccc(Oc2ccc(C(F)(F)F)cc2)c2c1ccc[n+]2[O-]. The van der Waals surface area contributed by atoms with Gasteiger partial charge < -0.3 is 9.94 Å². The number of hydrogen-bond donors (Lipinski definition) is 0. The summed E-state index contributed by atoms with van der Waals surface area (Å²) in [4.78, 5) is 0. The van der Waals surface area contributed by atoms with Gasteiger partial charge in [0.1, 0.15) is 11.8 Å². The fourth-order valence-electron chi connectivity index (χ4n) is 2.29. The van der Waals surface area contributed by atoms with Crippen molar-refractivity contribution in [2.24, 2.45) is 0 Å². The van der Waals surface area contributed by atoms with E-state index in [0.29, 0.717) is 15.7 Å². The first-order valence-electron chi connectivity index (χ1n) is 6.80. The van der Waals surface area contributed by atoms with Gasteiger partial charge >= 0.3 is 6.18 Å². The van der Waals surface area contributed by atoms with E-state index in [1.807, 2.05) is 6.07 Å². The number of alkyl halides is 3. The van der Waals surface area contributed by atoms with E-state index < -0.39 is 11.7 Å². The fraction of sp³-hybridized carbons (Fsp3) is 0.0588. The van der Waals surface area contributed by atoms with E-state index in [-0.39, 0.29) is 17.0 Å². The highest BCUT2D eigenvalue weighted by Crippen LogP contribution is 2.33. The molecule has 0 unspecified atom stereocenters. The molecule has 0 saturated carbocycles. The molecule has 24 heavy (non-hydrogen) atoms. The van der Waals surface area contributed by atoms with Crippen LogP contribution in [0.5, 0.6) is 11.5 Å². The zero-order chi connectivity index (χ0) is 17.3. The summed E-state index contributed by atoms with van der Waals surface area (Å²) in [7, 11) is 0. The molecule has 0 bridgehead atoms. The normalized spacial score (nSPS) is 11.2. The van der Waals surface area contributed by atoms with Gasteiger partial charge in [0.15, 0.2) is 6.20 Å². The minimum Gasteiger partial charge on any atom is -0.618 e. The van der Waals surface area contributed by atoms with Crippen LogP contribution in [-0.2, 0) is 6.18 Å². The number of rotatable bonds is 2. The molecule has 4 nitrogen and oxygen atoms in total. The van der Waals surface area contributed by atoms with Gasteiger partial charge in [0.05, 0.1) is 16.5 Å². The highest BCUT2D eigenvalue weighted by Gasteiger charge is 2.30. The van der Waals surface area contributed by atoms with Gasteiger partial charge in [-0.25, -0.2) is 0 Å². The summed E-state index contributed by atoms with van der Waals surface area (Å²) in [6, 6.07) is 12.1. The Balaban J connectivity index is 2.04. The van der Waals surface area contributed by atoms with E-state index in [1.165, 1.54) is 36.5 Å². The quantitative estimate of drug-likeness (QED) is 0.524. The second-order valence-corrected chi connectivity index (χ2v) is 4.94. The highest BCUT2D eigenvalue weighted by atomic mass is 19.4. The number of nitriles is 1. The third-order valence-electron chi connectivity index (χ3n) is 3.41. The number of ether oxygens (including phenoxy) is 1. The molecule has 0 aliphatic carbocycles. The fourth-order valence-corrected chi connectivity index (χ4v) is 2.29. The Morgan fingerprint density at radius 2 is 1.75 bits per heavy atom. The van der Waals surface area contributed by atoms with Gasteiger partial charge in [0, 0.05) is 6.07 Å². The molecular weight excluding hydrogens is 321 g/mol. The molecular formula is C17H9F3N2O2. The molecule has 3 aromatic rings. The molecule has 0 fully saturated rings. The predicted molar refractivity (Wildman–Crippen MR) is 79.1 cm³/mol. The topological polar surface area (TPSA) is 60.0 Å². The summed E-state index contributed by atoms with van der Waals surface area (Å²) in [5.41, 5.74) is -0.357. The van der Waals surface area contributed by atoms with Gasteiger partial charge in [-0.2, -0.15) is 23.2 Å². The van der Waals surface area contributed by atoms with Crippen molar-refractivity contribution in [3.8, 4) is 17.6 Å². The molecule has 0 amide bonds. The summed E-state index contributed by atoms with van der Waals surface area (Å²) in [6.45, 7) is 0. The number of aromatic nitrogens is 1. The molecule has 0 aliphatic rings. The molecule has 2 aromatic carbocycles.